The van der Waals surface area contributed by atoms with Crippen LogP contribution in [0.1, 0.15) is 26.2 Å². The van der Waals surface area contributed by atoms with Crippen LogP contribution in [-0.2, 0) is 4.79 Å². The first-order chi connectivity index (χ1) is 8.68. The molecule has 2 heterocycles. The summed E-state index contributed by atoms with van der Waals surface area (Å²) in [4.78, 5) is 22.1. The van der Waals surface area contributed by atoms with Crippen LogP contribution in [0.15, 0.2) is 17.4 Å². The number of rotatable bonds is 3. The van der Waals surface area contributed by atoms with Gasteiger partial charge in [0.2, 0.25) is 5.91 Å². The van der Waals surface area contributed by atoms with Gasteiger partial charge in [0.15, 0.2) is 5.82 Å². The lowest BCUT2D eigenvalue weighted by molar-refractivity contribution is -0.131. The van der Waals surface area contributed by atoms with Gasteiger partial charge in [0.25, 0.3) is 0 Å². The Balaban J connectivity index is 1.90. The molecule has 0 saturated carbocycles. The topological polar surface area (TPSA) is 72.1 Å². The summed E-state index contributed by atoms with van der Waals surface area (Å²) < 4.78 is 0. The van der Waals surface area contributed by atoms with Gasteiger partial charge in [0.1, 0.15) is 5.03 Å². The summed E-state index contributed by atoms with van der Waals surface area (Å²) in [7, 11) is 0. The number of nitrogens with zero attached hydrogens (tertiary/aromatic N) is 3. The molecule has 0 aliphatic carbocycles. The first-order valence-electron chi connectivity index (χ1n) is 6.17. The Morgan fingerprint density at radius 1 is 1.50 bits per heavy atom. The second-order valence-electron chi connectivity index (χ2n) is 4.47. The maximum atomic E-state index is 12.1. The van der Waals surface area contributed by atoms with Crippen LogP contribution in [0.3, 0.4) is 0 Å². The molecule has 98 valence electrons. The summed E-state index contributed by atoms with van der Waals surface area (Å²) in [6.07, 6.45) is 6.56. The molecule has 2 N–H and O–H groups in total. The van der Waals surface area contributed by atoms with Crippen molar-refractivity contribution in [1.82, 2.24) is 14.9 Å². The molecule has 2 rings (SSSR count). The van der Waals surface area contributed by atoms with E-state index in [0.717, 1.165) is 19.4 Å². The number of piperidine rings is 1. The Morgan fingerprint density at radius 2 is 2.28 bits per heavy atom. The van der Waals surface area contributed by atoms with Crippen LogP contribution in [0.2, 0.25) is 0 Å². The number of hydrogen-bond donors (Lipinski definition) is 1. The summed E-state index contributed by atoms with van der Waals surface area (Å²) in [5.74, 6) is 0.937. The van der Waals surface area contributed by atoms with Gasteiger partial charge < -0.3 is 10.6 Å². The highest BCUT2D eigenvalue weighted by atomic mass is 32.2. The van der Waals surface area contributed by atoms with Crippen LogP contribution in [0.25, 0.3) is 0 Å². The van der Waals surface area contributed by atoms with Crippen LogP contribution in [0.5, 0.6) is 0 Å². The van der Waals surface area contributed by atoms with E-state index in [2.05, 4.69) is 16.9 Å². The molecule has 0 radical (unpaired) electrons. The zero-order valence-corrected chi connectivity index (χ0v) is 11.3. The predicted octanol–water partition coefficient (Wildman–Crippen LogP) is 1.55. The SMILES string of the molecule is CC1CCCCN1C(=O)CSc1nccnc1N. The molecule has 1 aliphatic rings. The number of anilines is 1. The van der Waals surface area contributed by atoms with Gasteiger partial charge in [-0.25, -0.2) is 9.97 Å². The van der Waals surface area contributed by atoms with Crippen molar-refractivity contribution in [3.8, 4) is 0 Å². The summed E-state index contributed by atoms with van der Waals surface area (Å²) in [6.45, 7) is 2.98. The Morgan fingerprint density at radius 3 is 3.00 bits per heavy atom. The van der Waals surface area contributed by atoms with Crippen LogP contribution < -0.4 is 5.73 Å². The first kappa shape index (κ1) is 13.1. The second-order valence-corrected chi connectivity index (χ2v) is 5.43. The molecular weight excluding hydrogens is 248 g/mol. The predicted molar refractivity (Wildman–Crippen MR) is 72.2 cm³/mol. The molecule has 18 heavy (non-hydrogen) atoms. The van der Waals surface area contributed by atoms with Gasteiger partial charge in [-0.15, -0.1) is 0 Å². The summed E-state index contributed by atoms with van der Waals surface area (Å²) >= 11 is 1.36. The van der Waals surface area contributed by atoms with E-state index < -0.39 is 0 Å². The van der Waals surface area contributed by atoms with Crippen molar-refractivity contribution < 1.29 is 4.79 Å². The fourth-order valence-electron chi connectivity index (χ4n) is 2.13. The standard InChI is InChI=1S/C12H18N4OS/c1-9-4-2-3-7-16(9)10(17)8-18-12-11(13)14-5-6-15-12/h5-6,9H,2-4,7-8H2,1H3,(H2,13,14). The number of thioether (sulfide) groups is 1. The van der Waals surface area contributed by atoms with Gasteiger partial charge >= 0.3 is 0 Å². The molecular formula is C12H18N4OS. The highest BCUT2D eigenvalue weighted by molar-refractivity contribution is 8.00. The zero-order valence-electron chi connectivity index (χ0n) is 10.5. The molecule has 1 fully saturated rings. The molecule has 0 spiro atoms. The van der Waals surface area contributed by atoms with Gasteiger partial charge in [0, 0.05) is 25.0 Å². The quantitative estimate of drug-likeness (QED) is 0.840. The van der Waals surface area contributed by atoms with E-state index in [9.17, 15) is 4.79 Å². The van der Waals surface area contributed by atoms with Gasteiger partial charge in [-0.3, -0.25) is 4.79 Å². The fraction of sp³-hybridized carbons (Fsp3) is 0.583. The van der Waals surface area contributed by atoms with Crippen molar-refractivity contribution in [2.45, 2.75) is 37.3 Å². The third kappa shape index (κ3) is 3.13. The fourth-order valence-corrected chi connectivity index (χ4v) is 2.89. The molecule has 1 unspecified atom stereocenters. The number of nitrogen functional groups attached to an aromatic ring is 1. The van der Waals surface area contributed by atoms with E-state index in [4.69, 9.17) is 5.73 Å². The normalized spacial score (nSPS) is 19.8. The highest BCUT2D eigenvalue weighted by Crippen LogP contribution is 2.22. The molecule has 0 bridgehead atoms. The van der Waals surface area contributed by atoms with E-state index in [1.807, 2.05) is 4.90 Å². The van der Waals surface area contributed by atoms with Gasteiger partial charge in [-0.05, 0) is 26.2 Å². The van der Waals surface area contributed by atoms with Crippen LogP contribution >= 0.6 is 11.8 Å². The molecule has 1 aliphatic heterocycles. The molecule has 6 heteroatoms. The smallest absolute Gasteiger partial charge is 0.233 e. The number of likely N-dealkylation sites (tertiary alicyclic amines) is 1. The summed E-state index contributed by atoms with van der Waals surface area (Å²) in [5.41, 5.74) is 5.69. The third-order valence-electron chi connectivity index (χ3n) is 3.15. The second kappa shape index (κ2) is 6.04. The van der Waals surface area contributed by atoms with Crippen molar-refractivity contribution >= 4 is 23.5 Å². The van der Waals surface area contributed by atoms with E-state index in [-0.39, 0.29) is 5.91 Å². The van der Waals surface area contributed by atoms with Crippen LogP contribution in [-0.4, -0.2) is 39.1 Å². The number of nitrogens with two attached hydrogens (primary N) is 1. The minimum Gasteiger partial charge on any atom is -0.381 e. The minimum absolute atomic E-state index is 0.164. The van der Waals surface area contributed by atoms with Gasteiger partial charge in [0.05, 0.1) is 5.75 Å². The van der Waals surface area contributed by atoms with Gasteiger partial charge in [-0.2, -0.15) is 0 Å². The molecule has 0 aromatic carbocycles. The molecule has 1 saturated heterocycles. The summed E-state index contributed by atoms with van der Waals surface area (Å²) in [5, 5.41) is 0.635. The number of carbonyl (C=O) groups excluding carboxylic acids is 1. The van der Waals surface area contributed by atoms with Crippen LogP contribution in [0, 0.1) is 0 Å². The lowest BCUT2D eigenvalue weighted by Gasteiger charge is -2.33. The maximum absolute atomic E-state index is 12.1. The minimum atomic E-state index is 0.164. The van der Waals surface area contributed by atoms with E-state index in [0.29, 0.717) is 22.6 Å². The van der Waals surface area contributed by atoms with Crippen molar-refractivity contribution in [3.63, 3.8) is 0 Å². The molecule has 1 aromatic rings. The van der Waals surface area contributed by atoms with Crippen LogP contribution in [0.4, 0.5) is 5.82 Å². The monoisotopic (exact) mass is 266 g/mol. The lowest BCUT2D eigenvalue weighted by atomic mass is 10.0. The number of amides is 1. The Hall–Kier alpha value is -1.30. The van der Waals surface area contributed by atoms with Crippen molar-refractivity contribution in [1.29, 1.82) is 0 Å². The number of carbonyl (C=O) groups is 1. The number of hydrogen-bond acceptors (Lipinski definition) is 5. The Labute approximate surface area is 111 Å². The zero-order chi connectivity index (χ0) is 13.0. The van der Waals surface area contributed by atoms with Crippen molar-refractivity contribution in [2.75, 3.05) is 18.0 Å². The molecule has 1 amide bonds. The molecule has 1 atom stereocenters. The van der Waals surface area contributed by atoms with E-state index in [1.165, 1.54) is 18.2 Å². The van der Waals surface area contributed by atoms with E-state index in [1.54, 1.807) is 12.4 Å². The maximum Gasteiger partial charge on any atom is 0.233 e. The average Bonchev–Trinajstić information content (AvgIpc) is 2.38. The Bertz CT molecular complexity index is 426. The Kier molecular flexibility index (Phi) is 4.41. The largest absolute Gasteiger partial charge is 0.381 e. The van der Waals surface area contributed by atoms with E-state index >= 15 is 0 Å². The first-order valence-corrected chi connectivity index (χ1v) is 7.16. The third-order valence-corrected chi connectivity index (χ3v) is 4.13. The van der Waals surface area contributed by atoms with Gasteiger partial charge in [-0.1, -0.05) is 11.8 Å². The highest BCUT2D eigenvalue weighted by Gasteiger charge is 2.23. The van der Waals surface area contributed by atoms with Crippen molar-refractivity contribution in [2.24, 2.45) is 0 Å². The summed E-state index contributed by atoms with van der Waals surface area (Å²) in [6, 6.07) is 0.353. The molecule has 1 aromatic heterocycles. The average molecular weight is 266 g/mol. The lowest BCUT2D eigenvalue weighted by Crippen LogP contribution is -2.42. The number of aromatic nitrogens is 2. The van der Waals surface area contributed by atoms with Crippen molar-refractivity contribution in [3.05, 3.63) is 12.4 Å². The molecule has 5 nitrogen and oxygen atoms in total.